The molecule has 1 saturated heterocycles. The first-order valence-corrected chi connectivity index (χ1v) is 7.68. The molecule has 2 rings (SSSR count). The largest absolute Gasteiger partial charge is 0.394 e. The number of urea groups is 1. The zero-order valence-corrected chi connectivity index (χ0v) is 11.9. The van der Waals surface area contributed by atoms with Crippen molar-refractivity contribution in [3.05, 3.63) is 12.4 Å². The molecular weight excluding hydrogens is 264 g/mol. The van der Waals surface area contributed by atoms with Crippen LogP contribution in [0.2, 0.25) is 0 Å². The van der Waals surface area contributed by atoms with E-state index in [0.717, 1.165) is 24.5 Å². The van der Waals surface area contributed by atoms with Crippen LogP contribution in [-0.2, 0) is 6.54 Å². The molecule has 2 N–H and O–H groups in total. The maximum Gasteiger partial charge on any atom is 0.322 e. The minimum absolute atomic E-state index is 0.00944. The van der Waals surface area contributed by atoms with E-state index in [0.29, 0.717) is 12.2 Å². The molecule has 1 aromatic rings. The Labute approximate surface area is 117 Å². The van der Waals surface area contributed by atoms with Crippen molar-refractivity contribution >= 4 is 23.5 Å². The molecule has 0 unspecified atom stereocenters. The summed E-state index contributed by atoms with van der Waals surface area (Å²) in [5, 5.41) is 16.3. The number of anilines is 1. The smallest absolute Gasteiger partial charge is 0.322 e. The fraction of sp³-hybridized carbons (Fsp3) is 0.667. The zero-order chi connectivity index (χ0) is 13.7. The molecule has 6 nitrogen and oxygen atoms in total. The summed E-state index contributed by atoms with van der Waals surface area (Å²) in [5.41, 5.74) is 0.702. The molecule has 1 aliphatic heterocycles. The van der Waals surface area contributed by atoms with Crippen molar-refractivity contribution in [2.45, 2.75) is 25.9 Å². The van der Waals surface area contributed by atoms with Gasteiger partial charge in [-0.2, -0.15) is 16.9 Å². The molecule has 7 heteroatoms. The summed E-state index contributed by atoms with van der Waals surface area (Å²) in [6.45, 7) is 3.60. The molecule has 0 radical (unpaired) electrons. The molecule has 0 bridgehead atoms. The van der Waals surface area contributed by atoms with Gasteiger partial charge in [0.05, 0.1) is 24.5 Å². The molecule has 2 amide bonds. The molecule has 0 aliphatic carbocycles. The number of carbonyl (C=O) groups excluding carboxylic acids is 1. The molecule has 1 fully saturated rings. The Hall–Kier alpha value is -1.21. The van der Waals surface area contributed by atoms with Crippen molar-refractivity contribution in [3.63, 3.8) is 0 Å². The quantitative estimate of drug-likeness (QED) is 0.872. The number of rotatable bonds is 4. The maximum atomic E-state index is 12.2. The van der Waals surface area contributed by atoms with Crippen molar-refractivity contribution in [3.8, 4) is 0 Å². The number of hydrogen-bond acceptors (Lipinski definition) is 4. The van der Waals surface area contributed by atoms with Crippen LogP contribution in [0.3, 0.4) is 0 Å². The first-order valence-electron chi connectivity index (χ1n) is 6.53. The number of nitrogens with one attached hydrogen (secondary N) is 1. The Morgan fingerprint density at radius 1 is 1.68 bits per heavy atom. The normalized spacial score (nSPS) is 19.5. The van der Waals surface area contributed by atoms with Gasteiger partial charge in [-0.15, -0.1) is 0 Å². The number of aliphatic hydroxyl groups excluding tert-OH is 1. The summed E-state index contributed by atoms with van der Waals surface area (Å²) in [6.07, 6.45) is 4.49. The van der Waals surface area contributed by atoms with E-state index in [1.165, 1.54) is 0 Å². The van der Waals surface area contributed by atoms with Crippen LogP contribution in [-0.4, -0.2) is 56.5 Å². The number of aromatic nitrogens is 2. The van der Waals surface area contributed by atoms with E-state index in [-0.39, 0.29) is 18.7 Å². The lowest BCUT2D eigenvalue weighted by atomic mass is 10.3. The first-order chi connectivity index (χ1) is 9.24. The maximum absolute atomic E-state index is 12.2. The van der Waals surface area contributed by atoms with Gasteiger partial charge in [-0.1, -0.05) is 6.92 Å². The van der Waals surface area contributed by atoms with Crippen LogP contribution < -0.4 is 5.32 Å². The Bertz CT molecular complexity index is 424. The second-order valence-corrected chi connectivity index (χ2v) is 5.68. The Morgan fingerprint density at radius 2 is 2.53 bits per heavy atom. The predicted molar refractivity (Wildman–Crippen MR) is 76.4 cm³/mol. The Kier molecular flexibility index (Phi) is 5.09. The van der Waals surface area contributed by atoms with Gasteiger partial charge in [-0.25, -0.2) is 4.79 Å². The standard InChI is InChI=1S/C12H20N4O2S/c1-2-3-15-7-10(6-13-15)14-12(18)16-4-5-19-9-11(16)8-17/h6-7,11,17H,2-5,8-9H2,1H3,(H,14,18)/t11-/m1/s1. The minimum atomic E-state index is -0.157. The zero-order valence-electron chi connectivity index (χ0n) is 11.1. The SMILES string of the molecule is CCCn1cc(NC(=O)N2CCSC[C@H]2CO)cn1. The fourth-order valence-corrected chi connectivity index (χ4v) is 3.10. The molecule has 0 saturated carbocycles. The number of aryl methyl sites for hydroxylation is 1. The van der Waals surface area contributed by atoms with Crippen molar-refractivity contribution in [1.82, 2.24) is 14.7 Å². The summed E-state index contributed by atoms with van der Waals surface area (Å²) in [7, 11) is 0. The first kappa shape index (κ1) is 14.2. The minimum Gasteiger partial charge on any atom is -0.394 e. The Morgan fingerprint density at radius 3 is 3.26 bits per heavy atom. The predicted octanol–water partition coefficient (Wildman–Crippen LogP) is 1.23. The van der Waals surface area contributed by atoms with Crippen molar-refractivity contribution in [2.24, 2.45) is 0 Å². The highest BCUT2D eigenvalue weighted by molar-refractivity contribution is 7.99. The third kappa shape index (κ3) is 3.63. The van der Waals surface area contributed by atoms with Gasteiger partial charge in [0.2, 0.25) is 0 Å². The van der Waals surface area contributed by atoms with Gasteiger partial charge in [0.1, 0.15) is 0 Å². The van der Waals surface area contributed by atoms with E-state index in [9.17, 15) is 9.90 Å². The molecule has 19 heavy (non-hydrogen) atoms. The van der Waals surface area contributed by atoms with Gasteiger partial charge in [0.25, 0.3) is 0 Å². The van der Waals surface area contributed by atoms with Crippen LogP contribution in [0.25, 0.3) is 0 Å². The van der Waals surface area contributed by atoms with Gasteiger partial charge in [-0.05, 0) is 6.42 Å². The van der Waals surface area contributed by atoms with E-state index < -0.39 is 0 Å². The summed E-state index contributed by atoms with van der Waals surface area (Å²) >= 11 is 1.77. The van der Waals surface area contributed by atoms with E-state index in [2.05, 4.69) is 17.3 Å². The second-order valence-electron chi connectivity index (χ2n) is 4.53. The molecule has 1 aliphatic rings. The van der Waals surface area contributed by atoms with Gasteiger partial charge in [-0.3, -0.25) is 4.68 Å². The highest BCUT2D eigenvalue weighted by Gasteiger charge is 2.26. The number of nitrogens with zero attached hydrogens (tertiary/aromatic N) is 3. The van der Waals surface area contributed by atoms with E-state index in [1.54, 1.807) is 22.9 Å². The van der Waals surface area contributed by atoms with Crippen LogP contribution in [0.5, 0.6) is 0 Å². The number of aliphatic hydroxyl groups is 1. The van der Waals surface area contributed by atoms with Crippen LogP contribution in [0.1, 0.15) is 13.3 Å². The van der Waals surface area contributed by atoms with Crippen LogP contribution in [0, 0.1) is 0 Å². The van der Waals surface area contributed by atoms with Gasteiger partial charge in [0, 0.05) is 30.8 Å². The molecule has 1 atom stereocenters. The van der Waals surface area contributed by atoms with Gasteiger partial charge in [0.15, 0.2) is 0 Å². The lowest BCUT2D eigenvalue weighted by Gasteiger charge is -2.33. The van der Waals surface area contributed by atoms with Crippen molar-refractivity contribution < 1.29 is 9.90 Å². The molecule has 2 heterocycles. The highest BCUT2D eigenvalue weighted by Crippen LogP contribution is 2.17. The summed E-state index contributed by atoms with van der Waals surface area (Å²) < 4.78 is 1.81. The third-order valence-electron chi connectivity index (χ3n) is 3.04. The molecular formula is C12H20N4O2S. The number of thioether (sulfide) groups is 1. The molecule has 1 aromatic heterocycles. The van der Waals surface area contributed by atoms with Crippen LogP contribution in [0.4, 0.5) is 10.5 Å². The number of carbonyl (C=O) groups is 1. The third-order valence-corrected chi connectivity index (χ3v) is 4.13. The average molecular weight is 284 g/mol. The fourth-order valence-electron chi connectivity index (χ4n) is 2.05. The van der Waals surface area contributed by atoms with Crippen LogP contribution >= 0.6 is 11.8 Å². The van der Waals surface area contributed by atoms with Crippen LogP contribution in [0.15, 0.2) is 12.4 Å². The van der Waals surface area contributed by atoms with E-state index >= 15 is 0 Å². The van der Waals surface area contributed by atoms with Gasteiger partial charge >= 0.3 is 6.03 Å². The lowest BCUT2D eigenvalue weighted by Crippen LogP contribution is -2.49. The number of amides is 2. The Balaban J connectivity index is 1.95. The van der Waals surface area contributed by atoms with Crippen molar-refractivity contribution in [1.29, 1.82) is 0 Å². The van der Waals surface area contributed by atoms with E-state index in [1.807, 2.05) is 10.9 Å². The molecule has 0 aromatic carbocycles. The molecule has 106 valence electrons. The summed E-state index contributed by atoms with van der Waals surface area (Å²) in [4.78, 5) is 13.9. The average Bonchev–Trinajstić information content (AvgIpc) is 2.86. The van der Waals surface area contributed by atoms with Gasteiger partial charge < -0.3 is 15.3 Å². The summed E-state index contributed by atoms with van der Waals surface area (Å²) in [5.74, 6) is 1.71. The summed E-state index contributed by atoms with van der Waals surface area (Å²) in [6, 6.07) is -0.250. The van der Waals surface area contributed by atoms with Crippen molar-refractivity contribution in [2.75, 3.05) is 30.0 Å². The monoisotopic (exact) mass is 284 g/mol. The lowest BCUT2D eigenvalue weighted by molar-refractivity contribution is 0.154. The van der Waals surface area contributed by atoms with E-state index in [4.69, 9.17) is 0 Å². The second kappa shape index (κ2) is 6.81. The number of hydrogen-bond donors (Lipinski definition) is 2. The topological polar surface area (TPSA) is 70.4 Å². The highest BCUT2D eigenvalue weighted by atomic mass is 32.2. The molecule has 0 spiro atoms.